The molecule has 1 aromatic heterocycles. The molecule has 0 bridgehead atoms. The quantitative estimate of drug-likeness (QED) is 0.800. The number of nitrogens with two attached hydrogens (primary N) is 1. The van der Waals surface area contributed by atoms with Crippen molar-refractivity contribution in [1.29, 1.82) is 0 Å². The molecule has 0 fully saturated rings. The van der Waals surface area contributed by atoms with Crippen molar-refractivity contribution >= 4 is 40.5 Å². The fraction of sp³-hybridized carbons (Fsp3) is 0. The Labute approximate surface area is 100 Å². The summed E-state index contributed by atoms with van der Waals surface area (Å²) in [5.41, 5.74) is 6.49. The van der Waals surface area contributed by atoms with Gasteiger partial charge < -0.3 is 11.1 Å². The Morgan fingerprint density at radius 3 is 2.62 bits per heavy atom. The van der Waals surface area contributed by atoms with Gasteiger partial charge in [0.15, 0.2) is 11.0 Å². The molecule has 0 saturated carbocycles. The van der Waals surface area contributed by atoms with E-state index in [2.05, 4.69) is 14.1 Å². The second kappa shape index (κ2) is 4.46. The molecular formula is C9H7ClN4OS. The summed E-state index contributed by atoms with van der Waals surface area (Å²) in [6, 6.07) is 6.93. The molecule has 0 aliphatic heterocycles. The van der Waals surface area contributed by atoms with Crippen molar-refractivity contribution in [3.05, 3.63) is 39.6 Å². The summed E-state index contributed by atoms with van der Waals surface area (Å²) < 4.78 is 7.47. The third-order valence-electron chi connectivity index (χ3n) is 1.83. The Hall–Kier alpha value is -1.66. The fourth-order valence-electron chi connectivity index (χ4n) is 1.06. The molecule has 0 saturated heterocycles. The standard InChI is InChI=1S/C9H7ClN4OS/c10-8-7(15)9(14-16-13-8)12-6-3-1-5(11)2-4-6/h1-4H,11H2,(H,12,14). The van der Waals surface area contributed by atoms with Gasteiger partial charge in [0.05, 0.1) is 11.7 Å². The zero-order valence-corrected chi connectivity index (χ0v) is 9.55. The van der Waals surface area contributed by atoms with Crippen LogP contribution in [-0.4, -0.2) is 8.75 Å². The van der Waals surface area contributed by atoms with Crippen molar-refractivity contribution in [2.45, 2.75) is 0 Å². The first kappa shape index (κ1) is 10.8. The van der Waals surface area contributed by atoms with E-state index in [9.17, 15) is 4.79 Å². The minimum atomic E-state index is -0.419. The van der Waals surface area contributed by atoms with Crippen LogP contribution in [0.4, 0.5) is 17.2 Å². The van der Waals surface area contributed by atoms with E-state index in [-0.39, 0.29) is 11.0 Å². The van der Waals surface area contributed by atoms with Gasteiger partial charge in [0.1, 0.15) is 0 Å². The van der Waals surface area contributed by atoms with Gasteiger partial charge in [-0.25, -0.2) is 0 Å². The maximum Gasteiger partial charge on any atom is 0.260 e. The van der Waals surface area contributed by atoms with Crippen LogP contribution in [0.5, 0.6) is 0 Å². The highest BCUT2D eigenvalue weighted by atomic mass is 35.5. The zero-order chi connectivity index (χ0) is 11.5. The molecule has 1 heterocycles. The van der Waals surface area contributed by atoms with E-state index in [1.165, 1.54) is 0 Å². The molecule has 0 amide bonds. The van der Waals surface area contributed by atoms with Crippen molar-refractivity contribution in [1.82, 2.24) is 8.75 Å². The highest BCUT2D eigenvalue weighted by molar-refractivity contribution is 6.99. The summed E-state index contributed by atoms with van der Waals surface area (Å²) >= 11 is 6.47. The lowest BCUT2D eigenvalue weighted by molar-refractivity contribution is 1.33. The molecule has 0 atom stereocenters. The first-order valence-corrected chi connectivity index (χ1v) is 5.42. The molecule has 5 nitrogen and oxygen atoms in total. The molecule has 3 N–H and O–H groups in total. The molecule has 0 spiro atoms. The van der Waals surface area contributed by atoms with E-state index in [4.69, 9.17) is 17.3 Å². The number of rotatable bonds is 2. The average molecular weight is 255 g/mol. The number of benzene rings is 1. The maximum atomic E-state index is 11.5. The second-order valence-corrected chi connectivity index (χ2v) is 3.87. The predicted molar refractivity (Wildman–Crippen MR) is 65.3 cm³/mol. The third kappa shape index (κ3) is 2.29. The Morgan fingerprint density at radius 2 is 1.94 bits per heavy atom. The van der Waals surface area contributed by atoms with Crippen LogP contribution in [0.2, 0.25) is 5.15 Å². The molecule has 0 aliphatic carbocycles. The van der Waals surface area contributed by atoms with Gasteiger partial charge in [-0.2, -0.15) is 8.75 Å². The van der Waals surface area contributed by atoms with Crippen molar-refractivity contribution in [3.8, 4) is 0 Å². The van der Waals surface area contributed by atoms with Crippen LogP contribution in [0.25, 0.3) is 0 Å². The fourth-order valence-corrected chi connectivity index (χ4v) is 1.65. The minimum absolute atomic E-state index is 0.0852. The van der Waals surface area contributed by atoms with E-state index < -0.39 is 5.43 Å². The second-order valence-electron chi connectivity index (χ2n) is 2.98. The monoisotopic (exact) mass is 254 g/mol. The SMILES string of the molecule is Nc1ccc(Nc2nsnc(Cl)c2=O)cc1. The first-order valence-electron chi connectivity index (χ1n) is 4.32. The van der Waals surface area contributed by atoms with E-state index in [0.717, 1.165) is 11.7 Å². The van der Waals surface area contributed by atoms with Gasteiger partial charge in [-0.15, -0.1) is 0 Å². The predicted octanol–water partition coefficient (Wildman–Crippen LogP) is 1.88. The summed E-state index contributed by atoms with van der Waals surface area (Å²) in [6.07, 6.45) is 0. The molecule has 0 aliphatic rings. The van der Waals surface area contributed by atoms with Gasteiger partial charge in [0.25, 0.3) is 5.43 Å². The van der Waals surface area contributed by atoms with Crippen molar-refractivity contribution < 1.29 is 0 Å². The van der Waals surface area contributed by atoms with Crippen molar-refractivity contribution in [2.75, 3.05) is 11.1 Å². The molecule has 2 rings (SSSR count). The molecule has 2 aromatic rings. The maximum absolute atomic E-state index is 11.5. The average Bonchev–Trinajstić information content (AvgIpc) is 2.28. The summed E-state index contributed by atoms with van der Waals surface area (Å²) in [5.74, 6) is 0.162. The van der Waals surface area contributed by atoms with Gasteiger partial charge in [-0.05, 0) is 24.3 Å². The molecule has 16 heavy (non-hydrogen) atoms. The smallest absolute Gasteiger partial charge is 0.260 e. The number of nitrogens with one attached hydrogen (secondary N) is 1. The number of hydrogen-bond donors (Lipinski definition) is 2. The molecule has 7 heteroatoms. The summed E-state index contributed by atoms with van der Waals surface area (Å²) in [7, 11) is 0. The van der Waals surface area contributed by atoms with Crippen LogP contribution < -0.4 is 16.5 Å². The highest BCUT2D eigenvalue weighted by Gasteiger charge is 2.06. The van der Waals surface area contributed by atoms with Crippen molar-refractivity contribution in [2.24, 2.45) is 0 Å². The Balaban J connectivity index is 2.31. The van der Waals surface area contributed by atoms with Crippen LogP contribution >= 0.6 is 23.3 Å². The van der Waals surface area contributed by atoms with Gasteiger partial charge in [-0.3, -0.25) is 4.79 Å². The van der Waals surface area contributed by atoms with Crippen LogP contribution in [0, 0.1) is 0 Å². The van der Waals surface area contributed by atoms with Crippen molar-refractivity contribution in [3.63, 3.8) is 0 Å². The van der Waals surface area contributed by atoms with Crippen LogP contribution in [0.3, 0.4) is 0 Å². The van der Waals surface area contributed by atoms with E-state index >= 15 is 0 Å². The summed E-state index contributed by atoms with van der Waals surface area (Å²) in [4.78, 5) is 11.5. The van der Waals surface area contributed by atoms with Gasteiger partial charge >= 0.3 is 0 Å². The number of aromatic nitrogens is 2. The lowest BCUT2D eigenvalue weighted by atomic mass is 10.3. The van der Waals surface area contributed by atoms with E-state index in [1.54, 1.807) is 24.3 Å². The van der Waals surface area contributed by atoms with Crippen LogP contribution in [0.15, 0.2) is 29.1 Å². The molecule has 82 valence electrons. The Morgan fingerprint density at radius 1 is 1.25 bits per heavy atom. The molecular weight excluding hydrogens is 248 g/mol. The summed E-state index contributed by atoms with van der Waals surface area (Å²) in [6.45, 7) is 0. The lowest BCUT2D eigenvalue weighted by Gasteiger charge is -2.03. The lowest BCUT2D eigenvalue weighted by Crippen LogP contribution is -2.10. The number of halogens is 1. The molecule has 0 unspecified atom stereocenters. The largest absolute Gasteiger partial charge is 0.399 e. The van der Waals surface area contributed by atoms with Gasteiger partial charge in [-0.1, -0.05) is 11.6 Å². The van der Waals surface area contributed by atoms with E-state index in [1.807, 2.05) is 0 Å². The van der Waals surface area contributed by atoms with Gasteiger partial charge in [0.2, 0.25) is 0 Å². The highest BCUT2D eigenvalue weighted by Crippen LogP contribution is 2.14. The third-order valence-corrected chi connectivity index (χ3v) is 2.71. The Kier molecular flexibility index (Phi) is 3.02. The Bertz CT molecular complexity index is 554. The number of nitrogens with zero attached hydrogens (tertiary/aromatic N) is 2. The van der Waals surface area contributed by atoms with Crippen LogP contribution in [0.1, 0.15) is 0 Å². The summed E-state index contributed by atoms with van der Waals surface area (Å²) in [5, 5.41) is 2.76. The zero-order valence-electron chi connectivity index (χ0n) is 7.98. The van der Waals surface area contributed by atoms with Gasteiger partial charge in [0, 0.05) is 11.4 Å². The number of anilines is 3. The van der Waals surface area contributed by atoms with E-state index in [0.29, 0.717) is 11.4 Å². The minimum Gasteiger partial charge on any atom is -0.399 e. The first-order chi connectivity index (χ1) is 7.66. The number of nitrogen functional groups attached to an aromatic ring is 1. The molecule has 0 radical (unpaired) electrons. The number of hydrogen-bond acceptors (Lipinski definition) is 6. The van der Waals surface area contributed by atoms with Crippen LogP contribution in [-0.2, 0) is 0 Å². The topological polar surface area (TPSA) is 80.9 Å². The normalized spacial score (nSPS) is 10.1. The molecule has 1 aromatic carbocycles.